The maximum Gasteiger partial charge on any atom is 0.490 e. The lowest BCUT2D eigenvalue weighted by Crippen LogP contribution is -2.54. The summed E-state index contributed by atoms with van der Waals surface area (Å²) in [5.41, 5.74) is 5.03. The molecule has 1 aliphatic heterocycles. The second-order valence-corrected chi connectivity index (χ2v) is 3.80. The van der Waals surface area contributed by atoms with Gasteiger partial charge in [-0.15, -0.1) is 0 Å². The first-order valence-electron chi connectivity index (χ1n) is 5.86. The van der Waals surface area contributed by atoms with E-state index in [2.05, 4.69) is 15.6 Å². The molecule has 1 amide bonds. The van der Waals surface area contributed by atoms with E-state index in [-0.39, 0.29) is 11.9 Å². The van der Waals surface area contributed by atoms with Crippen LogP contribution in [0.1, 0.15) is 0 Å². The first kappa shape index (κ1) is 18.9. The van der Waals surface area contributed by atoms with Crippen LogP contribution in [0.25, 0.3) is 0 Å². The van der Waals surface area contributed by atoms with E-state index in [1.807, 2.05) is 24.5 Å². The summed E-state index contributed by atoms with van der Waals surface area (Å²) in [5.74, 6) is -3.03. The molecule has 0 aliphatic carbocycles. The largest absolute Gasteiger partial charge is 0.490 e. The molecule has 7 nitrogen and oxygen atoms in total. The lowest BCUT2D eigenvalue weighted by atomic mass is 10.2. The molecule has 1 saturated heterocycles. The lowest BCUT2D eigenvalue weighted by Gasteiger charge is -2.21. The number of piperazine rings is 1. The van der Waals surface area contributed by atoms with Gasteiger partial charge in [0.25, 0.3) is 0 Å². The molecule has 10 heteroatoms. The molecule has 120 valence electrons. The Labute approximate surface area is 118 Å². The zero-order chi connectivity index (χ0) is 16.3. The molecule has 0 saturated carbocycles. The number of aromatic amines is 1. The first-order chi connectivity index (χ1) is 9.75. The summed E-state index contributed by atoms with van der Waals surface area (Å²) >= 11 is 0. The zero-order valence-corrected chi connectivity index (χ0v) is 11.0. The Balaban J connectivity index is 0.000000298. The Kier molecular flexibility index (Phi) is 8.81. The van der Waals surface area contributed by atoms with Crippen LogP contribution in [-0.2, 0) is 9.59 Å². The number of carbonyl (C=O) groups excluding carboxylic acids is 1. The van der Waals surface area contributed by atoms with Crippen molar-refractivity contribution in [2.75, 3.05) is 19.6 Å². The molecule has 0 bridgehead atoms. The molecule has 1 aliphatic rings. The number of amides is 1. The van der Waals surface area contributed by atoms with E-state index in [1.165, 1.54) is 0 Å². The molecule has 1 aromatic rings. The minimum atomic E-state index is -5.08. The van der Waals surface area contributed by atoms with Crippen molar-refractivity contribution in [3.63, 3.8) is 0 Å². The van der Waals surface area contributed by atoms with Gasteiger partial charge in [0.15, 0.2) is 0 Å². The molecule has 21 heavy (non-hydrogen) atoms. The first-order valence-corrected chi connectivity index (χ1v) is 5.86. The number of rotatable bonds is 1. The van der Waals surface area contributed by atoms with Crippen molar-refractivity contribution < 1.29 is 27.9 Å². The van der Waals surface area contributed by atoms with Crippen molar-refractivity contribution in [3.05, 3.63) is 24.5 Å². The predicted octanol–water partition coefficient (Wildman–Crippen LogP) is -0.319. The molecular formula is C11H17F3N4O3. The summed E-state index contributed by atoms with van der Waals surface area (Å²) in [4.78, 5) is 22.2. The normalized spacial score (nSPS) is 17.6. The molecule has 2 rings (SSSR count). The van der Waals surface area contributed by atoms with Crippen molar-refractivity contribution in [3.8, 4) is 0 Å². The maximum atomic E-state index is 10.6. The Morgan fingerprint density at radius 1 is 1.19 bits per heavy atom. The average Bonchev–Trinajstić information content (AvgIpc) is 2.98. The van der Waals surface area contributed by atoms with Crippen LogP contribution in [0.2, 0.25) is 0 Å². The van der Waals surface area contributed by atoms with Gasteiger partial charge in [0.05, 0.1) is 6.04 Å². The van der Waals surface area contributed by atoms with E-state index in [4.69, 9.17) is 15.6 Å². The lowest BCUT2D eigenvalue weighted by molar-refractivity contribution is -0.192. The Hall–Kier alpha value is -2.07. The second-order valence-electron chi connectivity index (χ2n) is 3.80. The highest BCUT2D eigenvalue weighted by Crippen LogP contribution is 2.13. The molecule has 0 radical (unpaired) electrons. The smallest absolute Gasteiger partial charge is 0.475 e. The number of alkyl halides is 3. The van der Waals surface area contributed by atoms with Gasteiger partial charge in [-0.25, -0.2) is 4.79 Å². The third-order valence-corrected chi connectivity index (χ3v) is 2.12. The highest BCUT2D eigenvalue weighted by atomic mass is 19.4. The van der Waals surface area contributed by atoms with E-state index in [0.29, 0.717) is 6.54 Å². The standard InChI is InChI=1S/C5H11N3O.C4H5N.C2HF3O2/c6-5(9)4-3-7-1-2-8-4;1-2-4-5-3-1;3-2(4,5)1(6)7/h4,7-8H,1-3H2,(H2,6,9);1-5H;(H,6,7). The summed E-state index contributed by atoms with van der Waals surface area (Å²) in [5, 5.41) is 13.2. The number of nitrogens with two attached hydrogens (primary N) is 1. The monoisotopic (exact) mass is 310 g/mol. The van der Waals surface area contributed by atoms with Crippen molar-refractivity contribution in [2.45, 2.75) is 12.2 Å². The van der Waals surface area contributed by atoms with Crippen molar-refractivity contribution in [2.24, 2.45) is 5.73 Å². The van der Waals surface area contributed by atoms with Crippen molar-refractivity contribution in [1.82, 2.24) is 15.6 Å². The van der Waals surface area contributed by atoms with Gasteiger partial charge in [-0.05, 0) is 12.1 Å². The third kappa shape index (κ3) is 10.4. The highest BCUT2D eigenvalue weighted by molar-refractivity contribution is 5.80. The fraction of sp³-hybridized carbons (Fsp3) is 0.455. The number of halogens is 3. The molecule has 1 unspecified atom stereocenters. The molecule has 1 aromatic heterocycles. The summed E-state index contributed by atoms with van der Waals surface area (Å²) in [7, 11) is 0. The Morgan fingerprint density at radius 3 is 1.90 bits per heavy atom. The summed E-state index contributed by atoms with van der Waals surface area (Å²) < 4.78 is 31.7. The molecule has 2 heterocycles. The molecule has 0 spiro atoms. The van der Waals surface area contributed by atoms with Crippen LogP contribution < -0.4 is 16.4 Å². The van der Waals surface area contributed by atoms with Crippen molar-refractivity contribution >= 4 is 11.9 Å². The average molecular weight is 310 g/mol. The number of carbonyl (C=O) groups is 2. The van der Waals surface area contributed by atoms with Gasteiger partial charge >= 0.3 is 12.1 Å². The van der Waals surface area contributed by atoms with Crippen LogP contribution in [0.15, 0.2) is 24.5 Å². The summed E-state index contributed by atoms with van der Waals surface area (Å²) in [6.45, 7) is 2.41. The van der Waals surface area contributed by atoms with E-state index in [9.17, 15) is 18.0 Å². The number of aromatic nitrogens is 1. The third-order valence-electron chi connectivity index (χ3n) is 2.12. The fourth-order valence-corrected chi connectivity index (χ4v) is 1.13. The van der Waals surface area contributed by atoms with Gasteiger partial charge in [-0.2, -0.15) is 13.2 Å². The number of carboxylic acid groups (broad SMARTS) is 1. The number of nitrogens with one attached hydrogen (secondary N) is 3. The topological polar surface area (TPSA) is 120 Å². The quantitative estimate of drug-likeness (QED) is 0.487. The van der Waals surface area contributed by atoms with Gasteiger partial charge in [0, 0.05) is 32.0 Å². The van der Waals surface area contributed by atoms with Gasteiger partial charge in [0.2, 0.25) is 5.91 Å². The van der Waals surface area contributed by atoms with Gasteiger partial charge in [-0.3, -0.25) is 4.79 Å². The van der Waals surface area contributed by atoms with Gasteiger partial charge in [0.1, 0.15) is 0 Å². The SMILES string of the molecule is NC(=O)C1CNCCN1.O=C(O)C(F)(F)F.c1cc[nH]c1. The zero-order valence-electron chi connectivity index (χ0n) is 11.0. The van der Waals surface area contributed by atoms with Crippen LogP contribution in [-0.4, -0.2) is 53.8 Å². The fourth-order valence-electron chi connectivity index (χ4n) is 1.13. The minimum Gasteiger partial charge on any atom is -0.475 e. The molecule has 0 aromatic carbocycles. The summed E-state index contributed by atoms with van der Waals surface area (Å²) in [6.07, 6.45) is -1.33. The number of hydrogen-bond acceptors (Lipinski definition) is 4. The van der Waals surface area contributed by atoms with Crippen LogP contribution in [0.4, 0.5) is 13.2 Å². The molecular weight excluding hydrogens is 293 g/mol. The minimum absolute atomic E-state index is 0.168. The molecule has 1 atom stereocenters. The van der Waals surface area contributed by atoms with Gasteiger partial charge in [-0.1, -0.05) is 0 Å². The number of H-pyrrole nitrogens is 1. The molecule has 1 fully saturated rings. The second kappa shape index (κ2) is 9.77. The van der Waals surface area contributed by atoms with Gasteiger partial charge < -0.3 is 26.5 Å². The van der Waals surface area contributed by atoms with E-state index in [1.54, 1.807) is 0 Å². The van der Waals surface area contributed by atoms with Crippen LogP contribution >= 0.6 is 0 Å². The number of carboxylic acids is 1. The number of hydrogen-bond donors (Lipinski definition) is 5. The number of primary amides is 1. The molecule has 6 N–H and O–H groups in total. The van der Waals surface area contributed by atoms with Crippen LogP contribution in [0, 0.1) is 0 Å². The number of aliphatic carboxylic acids is 1. The predicted molar refractivity (Wildman–Crippen MR) is 68.3 cm³/mol. The highest BCUT2D eigenvalue weighted by Gasteiger charge is 2.38. The maximum absolute atomic E-state index is 10.6. The van der Waals surface area contributed by atoms with E-state index < -0.39 is 12.1 Å². The summed E-state index contributed by atoms with van der Waals surface area (Å²) in [6, 6.07) is 3.72. The Morgan fingerprint density at radius 2 is 1.71 bits per heavy atom. The van der Waals surface area contributed by atoms with Crippen LogP contribution in [0.3, 0.4) is 0 Å². The Bertz CT molecular complexity index is 386. The van der Waals surface area contributed by atoms with Crippen molar-refractivity contribution in [1.29, 1.82) is 0 Å². The van der Waals surface area contributed by atoms with E-state index in [0.717, 1.165) is 13.1 Å². The van der Waals surface area contributed by atoms with E-state index >= 15 is 0 Å². The van der Waals surface area contributed by atoms with Crippen LogP contribution in [0.5, 0.6) is 0 Å².